The highest BCUT2D eigenvalue weighted by Crippen LogP contribution is 2.33. The van der Waals surface area contributed by atoms with Gasteiger partial charge in [0, 0.05) is 37.7 Å². The van der Waals surface area contributed by atoms with Gasteiger partial charge in [-0.05, 0) is 61.1 Å². The number of carboxylic acid groups (broad SMARTS) is 1. The number of piperidine rings is 1. The lowest BCUT2D eigenvalue weighted by Gasteiger charge is -2.42. The highest BCUT2D eigenvalue weighted by atomic mass is 16.4. The van der Waals surface area contributed by atoms with Gasteiger partial charge in [-0.25, -0.2) is 9.59 Å². The molecule has 4 N–H and O–H groups in total. The Bertz CT molecular complexity index is 1390. The van der Waals surface area contributed by atoms with Crippen LogP contribution in [0.2, 0.25) is 0 Å². The zero-order valence-corrected chi connectivity index (χ0v) is 23.6. The van der Waals surface area contributed by atoms with Crippen LogP contribution in [-0.4, -0.2) is 53.0 Å². The molecule has 0 bridgehead atoms. The van der Waals surface area contributed by atoms with Crippen molar-refractivity contribution >= 4 is 29.5 Å². The van der Waals surface area contributed by atoms with E-state index < -0.39 is 23.5 Å². The number of carboxylic acids is 1. The molecule has 1 fully saturated rings. The number of carbonyl (C=O) groups is 4. The number of hydrogen-bond donors (Lipinski definition) is 4. The van der Waals surface area contributed by atoms with Crippen molar-refractivity contribution in [3.05, 3.63) is 101 Å². The molecule has 3 aromatic carbocycles. The first kappa shape index (κ1) is 29.3. The third-order valence-electron chi connectivity index (χ3n) is 7.60. The van der Waals surface area contributed by atoms with E-state index in [2.05, 4.69) is 16.0 Å². The molecule has 4 amide bonds. The van der Waals surface area contributed by atoms with Crippen LogP contribution in [0.3, 0.4) is 0 Å². The van der Waals surface area contributed by atoms with Crippen LogP contribution < -0.4 is 16.0 Å². The van der Waals surface area contributed by atoms with E-state index in [1.807, 2.05) is 62.4 Å². The molecule has 4 rings (SSSR count). The summed E-state index contributed by atoms with van der Waals surface area (Å²) >= 11 is 0. The number of amides is 4. The molecule has 1 saturated heterocycles. The molecule has 41 heavy (non-hydrogen) atoms. The van der Waals surface area contributed by atoms with E-state index in [9.17, 15) is 24.3 Å². The molecule has 1 unspecified atom stereocenters. The molecule has 214 valence electrons. The van der Waals surface area contributed by atoms with E-state index in [1.54, 1.807) is 29.2 Å². The number of urea groups is 1. The SMILES string of the molecule is CC(=O)NC1(c2ccccc2)CCN(C(=O)Nc2ccc(CC(NC(=O)c3c(C)cccc3C)C(=O)O)cc2)CC1. The fraction of sp³-hybridized carbons (Fsp3) is 0.312. The topological polar surface area (TPSA) is 128 Å². The fourth-order valence-corrected chi connectivity index (χ4v) is 5.44. The minimum absolute atomic E-state index is 0.0943. The highest BCUT2D eigenvalue weighted by molar-refractivity contribution is 5.99. The van der Waals surface area contributed by atoms with Gasteiger partial charge in [0.25, 0.3) is 5.91 Å². The van der Waals surface area contributed by atoms with Gasteiger partial charge in [-0.2, -0.15) is 0 Å². The minimum Gasteiger partial charge on any atom is -0.480 e. The summed E-state index contributed by atoms with van der Waals surface area (Å²) in [4.78, 5) is 51.5. The lowest BCUT2D eigenvalue weighted by atomic mass is 9.81. The standard InChI is InChI=1S/C32H36N4O5/c1-21-8-7-9-22(2)28(21)29(38)34-27(30(39)40)20-24-12-14-26(15-13-24)33-31(41)36-18-16-32(17-19-36,35-23(3)37)25-10-5-4-6-11-25/h4-15,27H,16-20H2,1-3H3,(H,33,41)(H,34,38)(H,35,37)(H,39,40). The first-order chi connectivity index (χ1) is 19.6. The second-order valence-corrected chi connectivity index (χ2v) is 10.6. The third-order valence-corrected chi connectivity index (χ3v) is 7.60. The maximum atomic E-state index is 13.0. The average Bonchev–Trinajstić information content (AvgIpc) is 2.94. The van der Waals surface area contributed by atoms with Gasteiger partial charge in [0.05, 0.1) is 5.54 Å². The van der Waals surface area contributed by atoms with Crippen molar-refractivity contribution in [1.82, 2.24) is 15.5 Å². The van der Waals surface area contributed by atoms with Gasteiger partial charge in [0.1, 0.15) is 6.04 Å². The largest absolute Gasteiger partial charge is 0.480 e. The van der Waals surface area contributed by atoms with E-state index >= 15 is 0 Å². The molecule has 0 radical (unpaired) electrons. The zero-order chi connectivity index (χ0) is 29.6. The highest BCUT2D eigenvalue weighted by Gasteiger charge is 2.38. The molecule has 0 aromatic heterocycles. The Labute approximate surface area is 239 Å². The summed E-state index contributed by atoms with van der Waals surface area (Å²) in [6, 6.07) is 20.9. The molecule has 0 saturated carbocycles. The first-order valence-electron chi connectivity index (χ1n) is 13.7. The Balaban J connectivity index is 1.35. The molecule has 9 heteroatoms. The molecule has 0 aliphatic carbocycles. The van der Waals surface area contributed by atoms with E-state index in [1.165, 1.54) is 6.92 Å². The zero-order valence-electron chi connectivity index (χ0n) is 23.6. The molecule has 1 aliphatic heterocycles. The third kappa shape index (κ3) is 7.11. The van der Waals surface area contributed by atoms with Crippen LogP contribution >= 0.6 is 0 Å². The van der Waals surface area contributed by atoms with Gasteiger partial charge in [-0.15, -0.1) is 0 Å². The number of hydrogen-bond acceptors (Lipinski definition) is 4. The van der Waals surface area contributed by atoms with Gasteiger partial charge in [-0.3, -0.25) is 9.59 Å². The number of benzene rings is 3. The molecular weight excluding hydrogens is 520 g/mol. The van der Waals surface area contributed by atoms with Crippen LogP contribution in [0.5, 0.6) is 0 Å². The van der Waals surface area contributed by atoms with Crippen LogP contribution in [0, 0.1) is 13.8 Å². The van der Waals surface area contributed by atoms with Crippen molar-refractivity contribution in [2.45, 2.75) is 51.6 Å². The van der Waals surface area contributed by atoms with Gasteiger partial charge in [0.2, 0.25) is 5.91 Å². The van der Waals surface area contributed by atoms with Gasteiger partial charge in [0.15, 0.2) is 0 Å². The van der Waals surface area contributed by atoms with Gasteiger partial charge >= 0.3 is 12.0 Å². The molecule has 1 atom stereocenters. The Morgan fingerprint density at radius 2 is 1.49 bits per heavy atom. The molecule has 9 nitrogen and oxygen atoms in total. The number of aryl methyl sites for hydroxylation is 2. The van der Waals surface area contributed by atoms with Crippen LogP contribution in [-0.2, 0) is 21.5 Å². The molecule has 1 aliphatic rings. The smallest absolute Gasteiger partial charge is 0.326 e. The van der Waals surface area contributed by atoms with Crippen molar-refractivity contribution in [1.29, 1.82) is 0 Å². The fourth-order valence-electron chi connectivity index (χ4n) is 5.44. The number of anilines is 1. The van der Waals surface area contributed by atoms with Crippen molar-refractivity contribution in [2.24, 2.45) is 0 Å². The lowest BCUT2D eigenvalue weighted by molar-refractivity contribution is -0.139. The maximum absolute atomic E-state index is 13.0. The molecule has 0 spiro atoms. The summed E-state index contributed by atoms with van der Waals surface area (Å²) < 4.78 is 0. The van der Waals surface area contributed by atoms with Crippen molar-refractivity contribution in [3.63, 3.8) is 0 Å². The molecule has 3 aromatic rings. The predicted molar refractivity (Wildman–Crippen MR) is 157 cm³/mol. The van der Waals surface area contributed by atoms with Crippen molar-refractivity contribution < 1.29 is 24.3 Å². The summed E-state index contributed by atoms with van der Waals surface area (Å²) in [5.74, 6) is -1.66. The minimum atomic E-state index is -1.13. The second kappa shape index (κ2) is 12.7. The quantitative estimate of drug-likeness (QED) is 0.327. The van der Waals surface area contributed by atoms with E-state index in [-0.39, 0.29) is 18.4 Å². The Morgan fingerprint density at radius 3 is 2.05 bits per heavy atom. The van der Waals surface area contributed by atoms with Crippen LogP contribution in [0.4, 0.5) is 10.5 Å². The van der Waals surface area contributed by atoms with Crippen LogP contribution in [0.1, 0.15) is 52.4 Å². The maximum Gasteiger partial charge on any atom is 0.326 e. The summed E-state index contributed by atoms with van der Waals surface area (Å²) in [5, 5.41) is 18.4. The van der Waals surface area contributed by atoms with E-state index in [4.69, 9.17) is 0 Å². The summed E-state index contributed by atoms with van der Waals surface area (Å²) in [6.07, 6.45) is 1.28. The van der Waals surface area contributed by atoms with Crippen molar-refractivity contribution in [3.8, 4) is 0 Å². The number of rotatable bonds is 8. The Kier molecular flexibility index (Phi) is 9.07. The van der Waals surface area contributed by atoms with E-state index in [0.29, 0.717) is 42.7 Å². The monoisotopic (exact) mass is 556 g/mol. The number of aliphatic carboxylic acids is 1. The van der Waals surface area contributed by atoms with Crippen molar-refractivity contribution in [2.75, 3.05) is 18.4 Å². The average molecular weight is 557 g/mol. The molecular formula is C32H36N4O5. The predicted octanol–water partition coefficient (Wildman–Crippen LogP) is 4.39. The van der Waals surface area contributed by atoms with E-state index in [0.717, 1.165) is 16.7 Å². The summed E-state index contributed by atoms with van der Waals surface area (Å²) in [6.45, 7) is 6.08. The van der Waals surface area contributed by atoms with Gasteiger partial charge in [-0.1, -0.05) is 60.7 Å². The normalized spacial score (nSPS) is 15.0. The lowest BCUT2D eigenvalue weighted by Crippen LogP contribution is -2.54. The van der Waals surface area contributed by atoms with Gasteiger partial charge < -0.3 is 26.0 Å². The summed E-state index contributed by atoms with van der Waals surface area (Å²) in [5.41, 5.74) is 3.83. The number of likely N-dealkylation sites (tertiary alicyclic amines) is 1. The second-order valence-electron chi connectivity index (χ2n) is 10.6. The van der Waals surface area contributed by atoms with Crippen LogP contribution in [0.25, 0.3) is 0 Å². The van der Waals surface area contributed by atoms with Crippen LogP contribution in [0.15, 0.2) is 72.8 Å². The number of nitrogens with zero attached hydrogens (tertiary/aromatic N) is 1. The molecule has 1 heterocycles. The number of carbonyl (C=O) groups excluding carboxylic acids is 3. The number of nitrogens with one attached hydrogen (secondary N) is 3. The Morgan fingerprint density at radius 1 is 0.878 bits per heavy atom. The summed E-state index contributed by atoms with van der Waals surface area (Å²) in [7, 11) is 0. The first-order valence-corrected chi connectivity index (χ1v) is 13.7. The Hall–Kier alpha value is -4.66.